The van der Waals surface area contributed by atoms with Gasteiger partial charge in [0.05, 0.1) is 11.9 Å². The minimum atomic E-state index is -3.55. The third-order valence-corrected chi connectivity index (χ3v) is 8.47. The highest BCUT2D eigenvalue weighted by Crippen LogP contribution is 2.22. The van der Waals surface area contributed by atoms with Crippen LogP contribution >= 0.6 is 15.9 Å². The fraction of sp³-hybridized carbons (Fsp3) is 0.375. The van der Waals surface area contributed by atoms with Crippen LogP contribution in [0, 0.1) is 6.92 Å². The number of amides is 2. The van der Waals surface area contributed by atoms with E-state index in [1.54, 1.807) is 11.0 Å². The fourth-order valence-corrected chi connectivity index (χ4v) is 6.08. The summed E-state index contributed by atoms with van der Waals surface area (Å²) >= 11 is 3.51. The molecule has 3 rings (SSSR count). The Hall–Kier alpha value is -3.17. The number of carbonyl (C=O) groups is 2. The first-order chi connectivity index (χ1) is 19.6. The van der Waals surface area contributed by atoms with Gasteiger partial charge in [0.2, 0.25) is 21.8 Å². The van der Waals surface area contributed by atoms with Crippen LogP contribution in [0.15, 0.2) is 83.3 Å². The van der Waals surface area contributed by atoms with Gasteiger partial charge in [0.25, 0.3) is 0 Å². The third-order valence-electron chi connectivity index (χ3n) is 6.78. The number of hydrogen-bond acceptors (Lipinski definition) is 4. The Bertz CT molecular complexity index is 1400. The van der Waals surface area contributed by atoms with E-state index >= 15 is 0 Å². The monoisotopic (exact) mass is 641 g/mol. The summed E-state index contributed by atoms with van der Waals surface area (Å²) < 4.78 is 27.5. The number of nitrogens with zero attached hydrogens (tertiary/aromatic N) is 2. The number of sulfonamides is 1. The molecule has 0 aliphatic rings. The van der Waals surface area contributed by atoms with Crippen molar-refractivity contribution in [2.24, 2.45) is 0 Å². The summed E-state index contributed by atoms with van der Waals surface area (Å²) in [5.74, 6) is -0.391. The maximum Gasteiger partial charge on any atom is 0.243 e. The summed E-state index contributed by atoms with van der Waals surface area (Å²) in [6, 6.07) is 24.0. The summed E-state index contributed by atoms with van der Waals surface area (Å²) in [4.78, 5) is 29.1. The summed E-state index contributed by atoms with van der Waals surface area (Å²) in [6.07, 6.45) is 3.75. The zero-order chi connectivity index (χ0) is 29.8. The van der Waals surface area contributed by atoms with Crippen LogP contribution in [0.3, 0.4) is 0 Å². The molecule has 0 radical (unpaired) electrons. The smallest absolute Gasteiger partial charge is 0.243 e. The zero-order valence-electron chi connectivity index (χ0n) is 24.1. The van der Waals surface area contributed by atoms with Crippen molar-refractivity contribution in [2.45, 2.75) is 58.5 Å². The van der Waals surface area contributed by atoms with Crippen LogP contribution in [0.5, 0.6) is 0 Å². The molecule has 0 aliphatic heterocycles. The van der Waals surface area contributed by atoms with Gasteiger partial charge in [-0.05, 0) is 60.7 Å². The molecule has 1 atom stereocenters. The van der Waals surface area contributed by atoms with E-state index in [2.05, 4.69) is 28.2 Å². The largest absolute Gasteiger partial charge is 0.354 e. The lowest BCUT2D eigenvalue weighted by atomic mass is 10.0. The first-order valence-corrected chi connectivity index (χ1v) is 16.6. The molecule has 220 valence electrons. The Morgan fingerprint density at radius 2 is 1.63 bits per heavy atom. The van der Waals surface area contributed by atoms with E-state index in [-0.39, 0.29) is 31.3 Å². The van der Waals surface area contributed by atoms with Gasteiger partial charge in [-0.1, -0.05) is 83.9 Å². The molecule has 0 saturated heterocycles. The highest BCUT2D eigenvalue weighted by molar-refractivity contribution is 9.10. The molecule has 0 saturated carbocycles. The van der Waals surface area contributed by atoms with E-state index < -0.39 is 16.1 Å². The summed E-state index contributed by atoms with van der Waals surface area (Å²) in [5.41, 5.74) is 3.37. The molecule has 0 fully saturated rings. The molecule has 3 aromatic carbocycles. The number of rotatable bonds is 15. The Balaban J connectivity index is 1.87. The van der Waals surface area contributed by atoms with Gasteiger partial charge in [-0.15, -0.1) is 0 Å². The Labute approximate surface area is 253 Å². The Kier molecular flexibility index (Phi) is 12.4. The molecule has 0 spiro atoms. The van der Waals surface area contributed by atoms with Gasteiger partial charge < -0.3 is 10.2 Å². The van der Waals surface area contributed by atoms with Gasteiger partial charge >= 0.3 is 0 Å². The van der Waals surface area contributed by atoms with Crippen LogP contribution in [-0.4, -0.2) is 50.5 Å². The molecule has 1 N–H and O–H groups in total. The lowest BCUT2D eigenvalue weighted by Gasteiger charge is -2.32. The predicted octanol–water partition coefficient (Wildman–Crippen LogP) is 5.86. The number of hydrogen-bond donors (Lipinski definition) is 1. The van der Waals surface area contributed by atoms with Crippen LogP contribution in [0.4, 0.5) is 5.69 Å². The summed E-state index contributed by atoms with van der Waals surface area (Å²) in [5, 5.41) is 3.03. The molecule has 9 heteroatoms. The van der Waals surface area contributed by atoms with Gasteiger partial charge in [0.15, 0.2) is 0 Å². The average molecular weight is 643 g/mol. The molecule has 41 heavy (non-hydrogen) atoms. The first-order valence-electron chi connectivity index (χ1n) is 14.0. The molecule has 0 aliphatic carbocycles. The van der Waals surface area contributed by atoms with Crippen molar-refractivity contribution in [3.8, 4) is 0 Å². The van der Waals surface area contributed by atoms with Gasteiger partial charge in [0, 0.05) is 36.9 Å². The molecule has 7 nitrogen and oxygen atoms in total. The maximum absolute atomic E-state index is 13.9. The van der Waals surface area contributed by atoms with Crippen molar-refractivity contribution in [2.75, 3.05) is 23.7 Å². The van der Waals surface area contributed by atoms with E-state index in [0.717, 1.165) is 34.0 Å². The second kappa shape index (κ2) is 15.7. The van der Waals surface area contributed by atoms with E-state index in [1.807, 2.05) is 79.7 Å². The zero-order valence-corrected chi connectivity index (χ0v) is 26.5. The van der Waals surface area contributed by atoms with E-state index in [0.29, 0.717) is 25.1 Å². The van der Waals surface area contributed by atoms with E-state index in [9.17, 15) is 18.0 Å². The SMILES string of the molecule is CCCCNC(=O)[C@H](Cc1ccccc1)N(Cc1cccc(Br)c1)C(=O)CCCN(c1cccc(C)c1)S(C)(=O)=O. The standard InChI is InChI=1S/C32H40BrN3O4S/c1-4-5-19-34-32(38)30(23-26-13-7-6-8-14-26)35(24-27-15-10-16-28(33)22-27)31(37)18-11-20-36(41(3,39)40)29-17-9-12-25(2)21-29/h6-10,12-17,21-22,30H,4-5,11,18-20,23-24H2,1-3H3,(H,34,38)/t30-/m0/s1. The molecular formula is C32H40BrN3O4S. The van der Waals surface area contributed by atoms with Crippen molar-refractivity contribution < 1.29 is 18.0 Å². The first kappa shape index (κ1) is 32.3. The second-order valence-electron chi connectivity index (χ2n) is 10.3. The molecule has 0 aromatic heterocycles. The highest BCUT2D eigenvalue weighted by Gasteiger charge is 2.30. The Morgan fingerprint density at radius 3 is 2.29 bits per heavy atom. The number of aryl methyl sites for hydroxylation is 1. The number of anilines is 1. The van der Waals surface area contributed by atoms with Crippen LogP contribution in [0.1, 0.15) is 49.3 Å². The van der Waals surface area contributed by atoms with Gasteiger partial charge in [-0.2, -0.15) is 0 Å². The lowest BCUT2D eigenvalue weighted by molar-refractivity contribution is -0.141. The number of halogens is 1. The molecule has 0 heterocycles. The van der Waals surface area contributed by atoms with Crippen molar-refractivity contribution in [3.63, 3.8) is 0 Å². The quantitative estimate of drug-likeness (QED) is 0.211. The van der Waals surface area contributed by atoms with Gasteiger partial charge in [-0.3, -0.25) is 13.9 Å². The second-order valence-corrected chi connectivity index (χ2v) is 13.1. The van der Waals surface area contributed by atoms with Crippen molar-refractivity contribution in [3.05, 3.63) is 100 Å². The van der Waals surface area contributed by atoms with Crippen LogP contribution < -0.4 is 9.62 Å². The molecule has 0 bridgehead atoms. The lowest BCUT2D eigenvalue weighted by Crippen LogP contribution is -2.50. The molecule has 2 amide bonds. The minimum Gasteiger partial charge on any atom is -0.354 e. The van der Waals surface area contributed by atoms with E-state index in [1.165, 1.54) is 10.6 Å². The minimum absolute atomic E-state index is 0.0966. The molecule has 3 aromatic rings. The van der Waals surface area contributed by atoms with Crippen molar-refractivity contribution >= 4 is 43.5 Å². The maximum atomic E-state index is 13.9. The van der Waals surface area contributed by atoms with Crippen LogP contribution in [-0.2, 0) is 32.6 Å². The van der Waals surface area contributed by atoms with Gasteiger partial charge in [0.1, 0.15) is 6.04 Å². The number of benzene rings is 3. The van der Waals surface area contributed by atoms with Crippen LogP contribution in [0.25, 0.3) is 0 Å². The Morgan fingerprint density at radius 1 is 0.927 bits per heavy atom. The topological polar surface area (TPSA) is 86.8 Å². The van der Waals surface area contributed by atoms with E-state index in [4.69, 9.17) is 0 Å². The van der Waals surface area contributed by atoms with Gasteiger partial charge in [-0.25, -0.2) is 8.42 Å². The number of nitrogens with one attached hydrogen (secondary N) is 1. The summed E-state index contributed by atoms with van der Waals surface area (Å²) in [6.45, 7) is 4.92. The summed E-state index contributed by atoms with van der Waals surface area (Å²) in [7, 11) is -3.55. The fourth-order valence-electron chi connectivity index (χ4n) is 4.68. The third kappa shape index (κ3) is 10.3. The van der Waals surface area contributed by atoms with Crippen LogP contribution in [0.2, 0.25) is 0 Å². The van der Waals surface area contributed by atoms with Crippen molar-refractivity contribution in [1.82, 2.24) is 10.2 Å². The van der Waals surface area contributed by atoms with Crippen molar-refractivity contribution in [1.29, 1.82) is 0 Å². The average Bonchev–Trinajstić information content (AvgIpc) is 2.93. The predicted molar refractivity (Wildman–Crippen MR) is 169 cm³/mol. The normalized spacial score (nSPS) is 12.0. The number of carbonyl (C=O) groups excluding carboxylic acids is 2. The highest BCUT2D eigenvalue weighted by atomic mass is 79.9. The molecular weight excluding hydrogens is 602 g/mol. The number of unbranched alkanes of at least 4 members (excludes halogenated alkanes) is 1. The molecule has 0 unspecified atom stereocenters.